The standard InChI is InChI=1S/C15H30O4Si/c1-12(2)20(13(3)4,14(5)6)19-11-9-8-10-18-15(16)17-7/h8-9,12-14H,10-11H2,1-7H3/b9-8-. The van der Waals surface area contributed by atoms with Crippen LogP contribution in [0.4, 0.5) is 4.79 Å². The van der Waals surface area contributed by atoms with Gasteiger partial charge in [0.2, 0.25) is 8.32 Å². The van der Waals surface area contributed by atoms with Gasteiger partial charge in [0, 0.05) is 0 Å². The summed E-state index contributed by atoms with van der Waals surface area (Å²) in [4.78, 5) is 10.8. The highest BCUT2D eigenvalue weighted by Gasteiger charge is 2.44. The second-order valence-corrected chi connectivity index (χ2v) is 11.3. The minimum Gasteiger partial charge on any atom is -0.438 e. The monoisotopic (exact) mass is 302 g/mol. The fourth-order valence-corrected chi connectivity index (χ4v) is 8.39. The van der Waals surface area contributed by atoms with Crippen LogP contribution in [-0.2, 0) is 13.9 Å². The Morgan fingerprint density at radius 1 is 0.950 bits per heavy atom. The Morgan fingerprint density at radius 3 is 1.80 bits per heavy atom. The Morgan fingerprint density at radius 2 is 1.40 bits per heavy atom. The van der Waals surface area contributed by atoms with Gasteiger partial charge in [0.15, 0.2) is 0 Å². The molecule has 0 atom stereocenters. The molecular weight excluding hydrogens is 272 g/mol. The zero-order valence-electron chi connectivity index (χ0n) is 13.9. The Bertz CT molecular complexity index is 289. The fraction of sp³-hybridized carbons (Fsp3) is 0.800. The molecule has 0 rings (SSSR count). The van der Waals surface area contributed by atoms with Crippen LogP contribution >= 0.6 is 0 Å². The van der Waals surface area contributed by atoms with Crippen LogP contribution in [0, 0.1) is 0 Å². The normalized spacial score (nSPS) is 12.7. The zero-order chi connectivity index (χ0) is 15.8. The molecule has 0 aromatic heterocycles. The van der Waals surface area contributed by atoms with Crippen molar-refractivity contribution in [2.75, 3.05) is 20.3 Å². The molecule has 0 spiro atoms. The number of rotatable bonds is 8. The van der Waals surface area contributed by atoms with E-state index in [1.54, 1.807) is 6.08 Å². The van der Waals surface area contributed by atoms with Gasteiger partial charge in [-0.2, -0.15) is 0 Å². The van der Waals surface area contributed by atoms with E-state index in [1.165, 1.54) is 7.11 Å². The van der Waals surface area contributed by atoms with Crippen molar-refractivity contribution in [2.45, 2.75) is 58.2 Å². The maximum Gasteiger partial charge on any atom is 0.508 e. The maximum atomic E-state index is 10.8. The van der Waals surface area contributed by atoms with Crippen LogP contribution in [0.2, 0.25) is 16.6 Å². The number of hydrogen-bond acceptors (Lipinski definition) is 4. The molecule has 0 aromatic carbocycles. The first-order valence-corrected chi connectivity index (χ1v) is 9.42. The Kier molecular flexibility index (Phi) is 8.81. The predicted molar refractivity (Wildman–Crippen MR) is 84.5 cm³/mol. The summed E-state index contributed by atoms with van der Waals surface area (Å²) in [6.07, 6.45) is 3.04. The molecule has 0 radical (unpaired) electrons. The van der Waals surface area contributed by atoms with Gasteiger partial charge in [0.05, 0.1) is 13.7 Å². The van der Waals surface area contributed by atoms with Gasteiger partial charge in [-0.05, 0) is 22.7 Å². The van der Waals surface area contributed by atoms with Gasteiger partial charge in [0.25, 0.3) is 0 Å². The van der Waals surface area contributed by atoms with Crippen molar-refractivity contribution in [1.29, 1.82) is 0 Å². The fourth-order valence-electron chi connectivity index (χ4n) is 3.00. The van der Waals surface area contributed by atoms with Crippen LogP contribution in [-0.4, -0.2) is 34.8 Å². The SMILES string of the molecule is COC(=O)OC/C=C\CO[Si](C(C)C)(C(C)C)C(C)C. The number of ether oxygens (including phenoxy) is 2. The summed E-state index contributed by atoms with van der Waals surface area (Å²) in [7, 11) is -0.506. The highest BCUT2D eigenvalue weighted by molar-refractivity contribution is 6.77. The van der Waals surface area contributed by atoms with E-state index >= 15 is 0 Å². The van der Waals surface area contributed by atoms with Crippen molar-refractivity contribution in [1.82, 2.24) is 0 Å². The van der Waals surface area contributed by atoms with Crippen LogP contribution < -0.4 is 0 Å². The number of carbonyl (C=O) groups is 1. The van der Waals surface area contributed by atoms with Crippen LogP contribution in [0.1, 0.15) is 41.5 Å². The van der Waals surface area contributed by atoms with E-state index < -0.39 is 14.5 Å². The van der Waals surface area contributed by atoms with E-state index in [0.717, 1.165) is 0 Å². The summed E-state index contributed by atoms with van der Waals surface area (Å²) >= 11 is 0. The van der Waals surface area contributed by atoms with Gasteiger partial charge >= 0.3 is 6.16 Å². The van der Waals surface area contributed by atoms with Crippen molar-refractivity contribution in [2.24, 2.45) is 0 Å². The lowest BCUT2D eigenvalue weighted by Crippen LogP contribution is -2.47. The van der Waals surface area contributed by atoms with Crippen molar-refractivity contribution in [3.05, 3.63) is 12.2 Å². The summed E-state index contributed by atoms with van der Waals surface area (Å²) < 4.78 is 15.5. The van der Waals surface area contributed by atoms with Crippen LogP contribution in [0.3, 0.4) is 0 Å². The molecular formula is C15H30O4Si. The highest BCUT2D eigenvalue weighted by atomic mass is 28.4. The summed E-state index contributed by atoms with van der Waals surface area (Å²) in [6.45, 7) is 14.4. The first-order chi connectivity index (χ1) is 9.28. The van der Waals surface area contributed by atoms with Gasteiger partial charge in [0.1, 0.15) is 6.61 Å². The number of carbonyl (C=O) groups excluding carboxylic acids is 1. The maximum absolute atomic E-state index is 10.8. The third-order valence-corrected chi connectivity index (χ3v) is 9.85. The molecule has 0 bridgehead atoms. The molecule has 0 amide bonds. The molecule has 4 nitrogen and oxygen atoms in total. The second kappa shape index (κ2) is 9.18. The molecule has 0 fully saturated rings. The molecule has 0 unspecified atom stereocenters. The minimum absolute atomic E-state index is 0.218. The molecule has 20 heavy (non-hydrogen) atoms. The molecule has 0 aliphatic carbocycles. The van der Waals surface area contributed by atoms with Crippen molar-refractivity contribution in [3.63, 3.8) is 0 Å². The molecule has 0 saturated heterocycles. The molecule has 5 heteroatoms. The first kappa shape index (κ1) is 19.2. The van der Waals surface area contributed by atoms with E-state index in [2.05, 4.69) is 46.3 Å². The van der Waals surface area contributed by atoms with E-state index in [4.69, 9.17) is 9.16 Å². The average molecular weight is 302 g/mol. The highest BCUT2D eigenvalue weighted by Crippen LogP contribution is 2.42. The summed E-state index contributed by atoms with van der Waals surface area (Å²) in [5.74, 6) is 0. The lowest BCUT2D eigenvalue weighted by molar-refractivity contribution is 0.0817. The minimum atomic E-state index is -1.80. The lowest BCUT2D eigenvalue weighted by atomic mass is 10.5. The zero-order valence-corrected chi connectivity index (χ0v) is 14.9. The van der Waals surface area contributed by atoms with Crippen molar-refractivity contribution < 1.29 is 18.7 Å². The summed E-state index contributed by atoms with van der Waals surface area (Å²) in [5, 5.41) is 0. The number of methoxy groups -OCH3 is 1. The topological polar surface area (TPSA) is 44.8 Å². The first-order valence-electron chi connectivity index (χ1n) is 7.28. The summed E-state index contributed by atoms with van der Waals surface area (Å²) in [6, 6.07) is 0. The van der Waals surface area contributed by atoms with E-state index in [-0.39, 0.29) is 6.61 Å². The van der Waals surface area contributed by atoms with Crippen molar-refractivity contribution in [3.8, 4) is 0 Å². The third kappa shape index (κ3) is 5.29. The molecule has 0 N–H and O–H groups in total. The van der Waals surface area contributed by atoms with E-state index in [9.17, 15) is 4.79 Å². The van der Waals surface area contributed by atoms with Crippen LogP contribution in [0.15, 0.2) is 12.2 Å². The van der Waals surface area contributed by atoms with Gasteiger partial charge in [-0.15, -0.1) is 0 Å². The predicted octanol–water partition coefficient (Wildman–Crippen LogP) is 4.52. The summed E-state index contributed by atoms with van der Waals surface area (Å²) in [5.41, 5.74) is 1.71. The lowest BCUT2D eigenvalue weighted by Gasteiger charge is -2.41. The average Bonchev–Trinajstić information content (AvgIpc) is 2.36. The molecule has 118 valence electrons. The van der Waals surface area contributed by atoms with Crippen LogP contribution in [0.5, 0.6) is 0 Å². The van der Waals surface area contributed by atoms with Gasteiger partial charge in [-0.1, -0.05) is 47.6 Å². The van der Waals surface area contributed by atoms with Crippen molar-refractivity contribution >= 4 is 14.5 Å². The molecule has 0 aliphatic heterocycles. The molecule has 0 aliphatic rings. The van der Waals surface area contributed by atoms with Gasteiger partial charge < -0.3 is 13.9 Å². The van der Waals surface area contributed by atoms with E-state index in [1.807, 2.05) is 6.08 Å². The second-order valence-electron chi connectivity index (χ2n) is 5.87. The molecule has 0 saturated carbocycles. The van der Waals surface area contributed by atoms with E-state index in [0.29, 0.717) is 23.2 Å². The Balaban J connectivity index is 4.42. The van der Waals surface area contributed by atoms with Crippen LogP contribution in [0.25, 0.3) is 0 Å². The third-order valence-electron chi connectivity index (χ3n) is 3.77. The Labute approximate surface area is 124 Å². The molecule has 0 aromatic rings. The van der Waals surface area contributed by atoms with Gasteiger partial charge in [-0.3, -0.25) is 0 Å². The quantitative estimate of drug-likeness (QED) is 0.376. The molecule has 0 heterocycles. The smallest absolute Gasteiger partial charge is 0.438 e. The largest absolute Gasteiger partial charge is 0.508 e. The number of hydrogen-bond donors (Lipinski definition) is 0. The van der Waals surface area contributed by atoms with Gasteiger partial charge in [-0.25, -0.2) is 4.79 Å². The Hall–Kier alpha value is -0.813.